The minimum atomic E-state index is -0.335. The van der Waals surface area contributed by atoms with Crippen molar-refractivity contribution in [3.8, 4) is 0 Å². The van der Waals surface area contributed by atoms with Gasteiger partial charge in [-0.25, -0.2) is 0 Å². The zero-order valence-electron chi connectivity index (χ0n) is 11.5. The van der Waals surface area contributed by atoms with Crippen LogP contribution < -0.4 is 0 Å². The summed E-state index contributed by atoms with van der Waals surface area (Å²) in [7, 11) is 0. The van der Waals surface area contributed by atoms with Crippen LogP contribution >= 0.6 is 0 Å². The molecule has 0 aliphatic carbocycles. The molecule has 0 radical (unpaired) electrons. The van der Waals surface area contributed by atoms with Crippen LogP contribution in [-0.4, -0.2) is 36.9 Å². The van der Waals surface area contributed by atoms with Crippen LogP contribution in [0.4, 0.5) is 0 Å². The molecule has 106 valence electrons. The molecule has 0 rings (SSSR count). The van der Waals surface area contributed by atoms with E-state index in [2.05, 4.69) is 0 Å². The van der Waals surface area contributed by atoms with Crippen molar-refractivity contribution < 1.29 is 24.2 Å². The molecule has 0 spiro atoms. The summed E-state index contributed by atoms with van der Waals surface area (Å²) < 4.78 is 9.93. The molecule has 0 saturated heterocycles. The van der Waals surface area contributed by atoms with Crippen LogP contribution in [0.5, 0.6) is 0 Å². The molecule has 2 atom stereocenters. The van der Waals surface area contributed by atoms with Crippen molar-refractivity contribution in [3.05, 3.63) is 0 Å². The number of aliphatic hydroxyl groups is 1. The number of ether oxygens (including phenoxy) is 2. The fourth-order valence-electron chi connectivity index (χ4n) is 1.59. The van der Waals surface area contributed by atoms with Gasteiger partial charge < -0.3 is 14.6 Å². The van der Waals surface area contributed by atoms with Gasteiger partial charge >= 0.3 is 11.9 Å². The average molecular weight is 260 g/mol. The highest BCUT2D eigenvalue weighted by Crippen LogP contribution is 2.18. The molecule has 0 aliphatic rings. The Morgan fingerprint density at radius 2 is 1.83 bits per heavy atom. The van der Waals surface area contributed by atoms with Gasteiger partial charge in [0, 0.05) is 13.0 Å². The van der Waals surface area contributed by atoms with Gasteiger partial charge in [0.2, 0.25) is 0 Å². The number of hydrogen-bond donors (Lipinski definition) is 1. The number of carbonyl (C=O) groups is 2. The third-order valence-electron chi connectivity index (χ3n) is 2.70. The third kappa shape index (κ3) is 6.59. The highest BCUT2D eigenvalue weighted by molar-refractivity contribution is 5.75. The van der Waals surface area contributed by atoms with Crippen LogP contribution in [0.25, 0.3) is 0 Å². The predicted octanol–water partition coefficient (Wildman–Crippen LogP) is 1.53. The number of esters is 2. The zero-order chi connectivity index (χ0) is 14.0. The first-order valence-electron chi connectivity index (χ1n) is 6.50. The molecule has 5 heteroatoms. The first-order valence-corrected chi connectivity index (χ1v) is 6.50. The summed E-state index contributed by atoms with van der Waals surface area (Å²) in [5, 5.41) is 8.58. The number of carbonyl (C=O) groups excluding carboxylic acids is 2. The Kier molecular flexibility index (Phi) is 9.28. The molecule has 1 N–H and O–H groups in total. The van der Waals surface area contributed by atoms with Crippen molar-refractivity contribution in [1.29, 1.82) is 0 Å². The van der Waals surface area contributed by atoms with Crippen molar-refractivity contribution in [2.45, 2.75) is 40.0 Å². The van der Waals surface area contributed by atoms with E-state index >= 15 is 0 Å². The molecule has 0 aliphatic heterocycles. The minimum absolute atomic E-state index is 0.00206. The minimum Gasteiger partial charge on any atom is -0.466 e. The summed E-state index contributed by atoms with van der Waals surface area (Å²) in [4.78, 5) is 23.2. The van der Waals surface area contributed by atoms with Gasteiger partial charge in [-0.3, -0.25) is 9.59 Å². The van der Waals surface area contributed by atoms with Gasteiger partial charge in [-0.2, -0.15) is 0 Å². The molecule has 18 heavy (non-hydrogen) atoms. The molecule has 0 aromatic carbocycles. The summed E-state index contributed by atoms with van der Waals surface area (Å²) in [5.74, 6) is -1.18. The number of hydrogen-bond acceptors (Lipinski definition) is 5. The van der Waals surface area contributed by atoms with E-state index in [0.29, 0.717) is 25.9 Å². The predicted molar refractivity (Wildman–Crippen MR) is 66.9 cm³/mol. The Morgan fingerprint density at radius 1 is 1.17 bits per heavy atom. The van der Waals surface area contributed by atoms with Crippen LogP contribution in [-0.2, 0) is 19.1 Å². The van der Waals surface area contributed by atoms with Gasteiger partial charge in [0.05, 0.1) is 25.0 Å². The van der Waals surface area contributed by atoms with E-state index in [-0.39, 0.29) is 37.0 Å². The largest absolute Gasteiger partial charge is 0.466 e. The first kappa shape index (κ1) is 16.9. The van der Waals surface area contributed by atoms with Gasteiger partial charge in [-0.1, -0.05) is 13.8 Å². The quantitative estimate of drug-likeness (QED) is 0.502. The molecule has 0 aromatic heterocycles. The number of rotatable bonds is 9. The van der Waals surface area contributed by atoms with Gasteiger partial charge in [-0.15, -0.1) is 0 Å². The zero-order valence-corrected chi connectivity index (χ0v) is 11.5. The van der Waals surface area contributed by atoms with Crippen LogP contribution in [0, 0.1) is 11.8 Å². The molecule has 0 aromatic rings. The Balaban J connectivity index is 4.12. The average Bonchev–Trinajstić information content (AvgIpc) is 2.35. The SMILES string of the molecule is CCOC(=O)C(CC)CC(C)C(=O)OCCCO. The fraction of sp³-hybridized carbons (Fsp3) is 0.846. The maximum Gasteiger partial charge on any atom is 0.308 e. The molecule has 5 nitrogen and oxygen atoms in total. The van der Waals surface area contributed by atoms with Crippen molar-refractivity contribution in [3.63, 3.8) is 0 Å². The summed E-state index contributed by atoms with van der Waals surface area (Å²) in [6.07, 6.45) is 1.52. The smallest absolute Gasteiger partial charge is 0.308 e. The molecule has 0 amide bonds. The molecule has 0 saturated carbocycles. The molecule has 0 heterocycles. The standard InChI is InChI=1S/C13H24O5/c1-4-11(13(16)17-5-2)9-10(3)12(15)18-8-6-7-14/h10-11,14H,4-9H2,1-3H3. The van der Waals surface area contributed by atoms with E-state index in [0.717, 1.165) is 0 Å². The van der Waals surface area contributed by atoms with Gasteiger partial charge in [-0.05, 0) is 19.8 Å². The lowest BCUT2D eigenvalue weighted by Crippen LogP contribution is -2.24. The van der Waals surface area contributed by atoms with Gasteiger partial charge in [0.15, 0.2) is 0 Å². The normalized spacial score (nSPS) is 13.8. The van der Waals surface area contributed by atoms with Crippen molar-refractivity contribution in [1.82, 2.24) is 0 Å². The summed E-state index contributed by atoms with van der Waals surface area (Å²) >= 11 is 0. The molecular formula is C13H24O5. The van der Waals surface area contributed by atoms with E-state index in [9.17, 15) is 9.59 Å². The summed E-state index contributed by atoms with van der Waals surface area (Å²) in [6.45, 7) is 5.97. The van der Waals surface area contributed by atoms with E-state index in [1.807, 2.05) is 6.92 Å². The second-order valence-electron chi connectivity index (χ2n) is 4.24. The van der Waals surface area contributed by atoms with Gasteiger partial charge in [0.1, 0.15) is 0 Å². The van der Waals surface area contributed by atoms with E-state index in [1.165, 1.54) is 0 Å². The fourth-order valence-corrected chi connectivity index (χ4v) is 1.59. The maximum atomic E-state index is 11.6. The lowest BCUT2D eigenvalue weighted by atomic mass is 9.94. The lowest BCUT2D eigenvalue weighted by molar-refractivity contribution is -0.152. The van der Waals surface area contributed by atoms with E-state index in [1.54, 1.807) is 13.8 Å². The van der Waals surface area contributed by atoms with Crippen LogP contribution in [0.15, 0.2) is 0 Å². The topological polar surface area (TPSA) is 72.8 Å². The first-order chi connectivity index (χ1) is 8.56. The molecule has 0 bridgehead atoms. The van der Waals surface area contributed by atoms with Crippen LogP contribution in [0.3, 0.4) is 0 Å². The van der Waals surface area contributed by atoms with Crippen molar-refractivity contribution in [2.75, 3.05) is 19.8 Å². The molecule has 2 unspecified atom stereocenters. The highest BCUT2D eigenvalue weighted by Gasteiger charge is 2.24. The second kappa shape index (κ2) is 9.88. The molecule has 0 fully saturated rings. The lowest BCUT2D eigenvalue weighted by Gasteiger charge is -2.17. The Morgan fingerprint density at radius 3 is 2.33 bits per heavy atom. The number of aliphatic hydroxyl groups excluding tert-OH is 1. The second-order valence-corrected chi connectivity index (χ2v) is 4.24. The van der Waals surface area contributed by atoms with Crippen molar-refractivity contribution >= 4 is 11.9 Å². The van der Waals surface area contributed by atoms with E-state index in [4.69, 9.17) is 14.6 Å². The van der Waals surface area contributed by atoms with Crippen LogP contribution in [0.1, 0.15) is 40.0 Å². The van der Waals surface area contributed by atoms with E-state index < -0.39 is 0 Å². The Hall–Kier alpha value is -1.10. The monoisotopic (exact) mass is 260 g/mol. The Labute approximate surface area is 108 Å². The highest BCUT2D eigenvalue weighted by atomic mass is 16.5. The Bertz CT molecular complexity index is 252. The summed E-state index contributed by atoms with van der Waals surface area (Å²) in [5.41, 5.74) is 0. The third-order valence-corrected chi connectivity index (χ3v) is 2.70. The van der Waals surface area contributed by atoms with Crippen molar-refractivity contribution in [2.24, 2.45) is 11.8 Å². The van der Waals surface area contributed by atoms with Gasteiger partial charge in [0.25, 0.3) is 0 Å². The maximum absolute atomic E-state index is 11.6. The molecular weight excluding hydrogens is 236 g/mol. The van der Waals surface area contributed by atoms with Crippen LogP contribution in [0.2, 0.25) is 0 Å². The summed E-state index contributed by atoms with van der Waals surface area (Å²) in [6, 6.07) is 0.